The minimum Gasteiger partial charge on any atom is -0.385 e. The zero-order valence-electron chi connectivity index (χ0n) is 7.10. The number of hydrogen-bond donors (Lipinski definition) is 1. The van der Waals surface area contributed by atoms with Crippen LogP contribution in [0.1, 0.15) is 23.7 Å². The highest BCUT2D eigenvalue weighted by Gasteiger charge is 2.18. The molecule has 0 bridgehead atoms. The van der Waals surface area contributed by atoms with E-state index in [2.05, 4.69) is 5.32 Å². The minimum atomic E-state index is -0.776. The van der Waals surface area contributed by atoms with E-state index in [-0.39, 0.29) is 0 Å². The monoisotopic (exact) mass is 165 g/mol. The van der Waals surface area contributed by atoms with Crippen molar-refractivity contribution in [3.8, 4) is 0 Å². The highest BCUT2D eigenvalue weighted by atomic mass is 19.1. The molecule has 1 aliphatic heterocycles. The summed E-state index contributed by atoms with van der Waals surface area (Å²) in [5, 5.41) is 3.19. The lowest BCUT2D eigenvalue weighted by Gasteiger charge is -2.21. The van der Waals surface area contributed by atoms with Crippen LogP contribution in [0.25, 0.3) is 0 Å². The minimum absolute atomic E-state index is 0.593. The molecule has 64 valence electrons. The topological polar surface area (TPSA) is 12.0 Å². The molecular weight excluding hydrogens is 153 g/mol. The predicted molar refractivity (Wildman–Crippen MR) is 48.1 cm³/mol. The van der Waals surface area contributed by atoms with Gasteiger partial charge in [-0.25, -0.2) is 4.39 Å². The Hall–Kier alpha value is -1.05. The van der Waals surface area contributed by atoms with Crippen LogP contribution in [0.2, 0.25) is 0 Å². The van der Waals surface area contributed by atoms with Crippen molar-refractivity contribution in [3.05, 3.63) is 29.3 Å². The van der Waals surface area contributed by atoms with Crippen molar-refractivity contribution in [3.63, 3.8) is 0 Å². The molecule has 1 aromatic carbocycles. The lowest BCUT2D eigenvalue weighted by Crippen LogP contribution is -2.14. The van der Waals surface area contributed by atoms with Crippen molar-refractivity contribution in [2.75, 3.05) is 11.9 Å². The summed E-state index contributed by atoms with van der Waals surface area (Å²) in [5.74, 6) is 0. The van der Waals surface area contributed by atoms with Crippen LogP contribution in [-0.4, -0.2) is 6.54 Å². The van der Waals surface area contributed by atoms with Gasteiger partial charge in [0, 0.05) is 24.2 Å². The van der Waals surface area contributed by atoms with E-state index in [4.69, 9.17) is 0 Å². The van der Waals surface area contributed by atoms with Gasteiger partial charge in [0.2, 0.25) is 0 Å². The maximum Gasteiger partial charge on any atom is 0.129 e. The lowest BCUT2D eigenvalue weighted by molar-refractivity contribution is 0.325. The van der Waals surface area contributed by atoms with Gasteiger partial charge in [-0.3, -0.25) is 0 Å². The Morgan fingerprint density at radius 2 is 2.33 bits per heavy atom. The van der Waals surface area contributed by atoms with E-state index in [0.717, 1.165) is 17.8 Å². The van der Waals surface area contributed by atoms with Crippen molar-refractivity contribution in [2.24, 2.45) is 0 Å². The normalized spacial score (nSPS) is 21.3. The highest BCUT2D eigenvalue weighted by Crippen LogP contribution is 2.32. The third-order valence-electron chi connectivity index (χ3n) is 2.26. The van der Waals surface area contributed by atoms with Gasteiger partial charge in [-0.05, 0) is 18.6 Å². The van der Waals surface area contributed by atoms with Gasteiger partial charge in [0.25, 0.3) is 0 Å². The van der Waals surface area contributed by atoms with Crippen molar-refractivity contribution >= 4 is 5.69 Å². The fourth-order valence-electron chi connectivity index (χ4n) is 1.59. The molecule has 1 N–H and O–H groups in total. The van der Waals surface area contributed by atoms with E-state index in [1.807, 2.05) is 25.1 Å². The molecule has 1 unspecified atom stereocenters. The zero-order chi connectivity index (χ0) is 8.55. The predicted octanol–water partition coefficient (Wildman–Crippen LogP) is 2.82. The van der Waals surface area contributed by atoms with Crippen LogP contribution >= 0.6 is 0 Å². The van der Waals surface area contributed by atoms with Crippen LogP contribution in [0, 0.1) is 6.92 Å². The molecule has 1 heterocycles. The van der Waals surface area contributed by atoms with Gasteiger partial charge in [0.1, 0.15) is 6.17 Å². The molecule has 1 aromatic rings. The second kappa shape index (κ2) is 2.77. The van der Waals surface area contributed by atoms with Crippen molar-refractivity contribution < 1.29 is 4.39 Å². The molecule has 12 heavy (non-hydrogen) atoms. The largest absolute Gasteiger partial charge is 0.385 e. The summed E-state index contributed by atoms with van der Waals surface area (Å²) in [6.07, 6.45) is -0.183. The lowest BCUT2D eigenvalue weighted by atomic mass is 10.0. The summed E-state index contributed by atoms with van der Waals surface area (Å²) in [7, 11) is 0. The van der Waals surface area contributed by atoms with Crippen LogP contribution in [0.5, 0.6) is 0 Å². The first-order chi connectivity index (χ1) is 5.77. The highest BCUT2D eigenvalue weighted by molar-refractivity contribution is 5.55. The smallest absolute Gasteiger partial charge is 0.129 e. The maximum absolute atomic E-state index is 13.3. The number of fused-ring (bicyclic) bond motifs is 1. The van der Waals surface area contributed by atoms with Gasteiger partial charge in [-0.2, -0.15) is 0 Å². The Kier molecular flexibility index (Phi) is 1.75. The van der Waals surface area contributed by atoms with Crippen LogP contribution in [0.3, 0.4) is 0 Å². The molecular formula is C10H12FN. The molecule has 0 aliphatic carbocycles. The first kappa shape index (κ1) is 7.59. The van der Waals surface area contributed by atoms with Gasteiger partial charge >= 0.3 is 0 Å². The Labute approximate surface area is 71.6 Å². The SMILES string of the molecule is Cc1ccc2c(c1)NCCC2F. The quantitative estimate of drug-likeness (QED) is 0.623. The van der Waals surface area contributed by atoms with Crippen LogP contribution in [0.15, 0.2) is 18.2 Å². The van der Waals surface area contributed by atoms with Gasteiger partial charge in [0.05, 0.1) is 0 Å². The van der Waals surface area contributed by atoms with Gasteiger partial charge in [0.15, 0.2) is 0 Å². The van der Waals surface area contributed by atoms with Crippen molar-refractivity contribution in [2.45, 2.75) is 19.5 Å². The first-order valence-corrected chi connectivity index (χ1v) is 4.26. The van der Waals surface area contributed by atoms with E-state index in [0.29, 0.717) is 6.42 Å². The molecule has 1 atom stereocenters. The standard InChI is InChI=1S/C10H12FN/c1-7-2-3-8-9(11)4-5-12-10(8)6-7/h2-3,6,9,12H,4-5H2,1H3. The molecule has 0 radical (unpaired) electrons. The third kappa shape index (κ3) is 1.17. The zero-order valence-corrected chi connectivity index (χ0v) is 7.10. The van der Waals surface area contributed by atoms with E-state index < -0.39 is 6.17 Å². The van der Waals surface area contributed by atoms with Crippen LogP contribution < -0.4 is 5.32 Å². The van der Waals surface area contributed by atoms with E-state index >= 15 is 0 Å². The maximum atomic E-state index is 13.3. The molecule has 2 rings (SSSR count). The molecule has 0 saturated carbocycles. The number of nitrogens with one attached hydrogen (secondary N) is 1. The molecule has 0 spiro atoms. The van der Waals surface area contributed by atoms with E-state index in [1.165, 1.54) is 5.56 Å². The van der Waals surface area contributed by atoms with Crippen molar-refractivity contribution in [1.29, 1.82) is 0 Å². The van der Waals surface area contributed by atoms with Crippen molar-refractivity contribution in [1.82, 2.24) is 0 Å². The number of rotatable bonds is 0. The summed E-state index contributed by atoms with van der Waals surface area (Å²) in [4.78, 5) is 0. The molecule has 2 heteroatoms. The second-order valence-corrected chi connectivity index (χ2v) is 3.27. The average molecular weight is 165 g/mol. The Morgan fingerprint density at radius 3 is 3.17 bits per heavy atom. The molecule has 0 saturated heterocycles. The Morgan fingerprint density at radius 1 is 1.50 bits per heavy atom. The second-order valence-electron chi connectivity index (χ2n) is 3.27. The summed E-state index contributed by atoms with van der Waals surface area (Å²) < 4.78 is 13.3. The van der Waals surface area contributed by atoms with E-state index in [9.17, 15) is 4.39 Å². The number of anilines is 1. The van der Waals surface area contributed by atoms with Gasteiger partial charge in [-0.15, -0.1) is 0 Å². The van der Waals surface area contributed by atoms with Gasteiger partial charge < -0.3 is 5.32 Å². The molecule has 1 nitrogen and oxygen atoms in total. The summed E-state index contributed by atoms with van der Waals surface area (Å²) in [5.41, 5.74) is 2.95. The Bertz CT molecular complexity index is 296. The summed E-state index contributed by atoms with van der Waals surface area (Å²) in [6.45, 7) is 2.77. The summed E-state index contributed by atoms with van der Waals surface area (Å²) >= 11 is 0. The van der Waals surface area contributed by atoms with Crippen LogP contribution in [-0.2, 0) is 0 Å². The summed E-state index contributed by atoms with van der Waals surface area (Å²) in [6, 6.07) is 5.83. The first-order valence-electron chi connectivity index (χ1n) is 4.26. The number of halogens is 1. The average Bonchev–Trinajstić information content (AvgIpc) is 2.04. The number of alkyl halides is 1. The molecule has 1 aliphatic rings. The number of benzene rings is 1. The number of aryl methyl sites for hydroxylation is 1. The van der Waals surface area contributed by atoms with Crippen LogP contribution in [0.4, 0.5) is 10.1 Å². The molecule has 0 fully saturated rings. The fourth-order valence-corrected chi connectivity index (χ4v) is 1.59. The third-order valence-corrected chi connectivity index (χ3v) is 2.26. The van der Waals surface area contributed by atoms with Gasteiger partial charge in [-0.1, -0.05) is 12.1 Å². The molecule has 0 aromatic heterocycles. The molecule has 0 amide bonds. The Balaban J connectivity index is 2.46. The van der Waals surface area contributed by atoms with E-state index in [1.54, 1.807) is 0 Å². The number of hydrogen-bond acceptors (Lipinski definition) is 1. The fraction of sp³-hybridized carbons (Fsp3) is 0.400.